The zero-order valence-electron chi connectivity index (χ0n) is 11.9. The molecule has 0 aliphatic carbocycles. The van der Waals surface area contributed by atoms with Crippen molar-refractivity contribution < 1.29 is 0 Å². The largest absolute Gasteiger partial charge is 0.313 e. The average molecular weight is 234 g/mol. The molecule has 0 saturated carbocycles. The summed E-state index contributed by atoms with van der Waals surface area (Å²) in [6.07, 6.45) is 2.18. The standard InChI is InChI=1S/C15H26N2/c1-6-10-16-14(15(3,4)5)11-13-9-7-8-12(2)17-13/h7-9,14,16H,6,10-11H2,1-5H3. The highest BCUT2D eigenvalue weighted by molar-refractivity contribution is 5.11. The number of hydrogen-bond donors (Lipinski definition) is 1. The summed E-state index contributed by atoms with van der Waals surface area (Å²) in [5, 5.41) is 3.64. The van der Waals surface area contributed by atoms with Gasteiger partial charge in [-0.25, -0.2) is 0 Å². The number of nitrogens with one attached hydrogen (secondary N) is 1. The fourth-order valence-corrected chi connectivity index (χ4v) is 1.93. The van der Waals surface area contributed by atoms with Gasteiger partial charge in [-0.1, -0.05) is 33.8 Å². The topological polar surface area (TPSA) is 24.9 Å². The Bertz CT molecular complexity index is 339. The van der Waals surface area contributed by atoms with Crippen molar-refractivity contribution in [2.24, 2.45) is 5.41 Å². The molecule has 0 bridgehead atoms. The third kappa shape index (κ3) is 4.86. The Morgan fingerprint density at radius 1 is 1.29 bits per heavy atom. The smallest absolute Gasteiger partial charge is 0.0422 e. The molecule has 0 fully saturated rings. The van der Waals surface area contributed by atoms with Crippen LogP contribution in [0.15, 0.2) is 18.2 Å². The first kappa shape index (κ1) is 14.2. The minimum atomic E-state index is 0.264. The Morgan fingerprint density at radius 2 is 2.00 bits per heavy atom. The van der Waals surface area contributed by atoms with E-state index in [9.17, 15) is 0 Å². The summed E-state index contributed by atoms with van der Waals surface area (Å²) < 4.78 is 0. The minimum Gasteiger partial charge on any atom is -0.313 e. The highest BCUT2D eigenvalue weighted by Crippen LogP contribution is 2.22. The average Bonchev–Trinajstić information content (AvgIpc) is 2.22. The normalized spacial score (nSPS) is 13.7. The van der Waals surface area contributed by atoms with E-state index in [1.807, 2.05) is 0 Å². The molecule has 1 rings (SSSR count). The molecule has 1 aromatic rings. The molecule has 1 unspecified atom stereocenters. The highest BCUT2D eigenvalue weighted by Gasteiger charge is 2.24. The molecule has 1 aromatic heterocycles. The van der Waals surface area contributed by atoms with E-state index in [0.717, 1.165) is 18.7 Å². The zero-order valence-corrected chi connectivity index (χ0v) is 11.9. The highest BCUT2D eigenvalue weighted by atomic mass is 14.9. The van der Waals surface area contributed by atoms with Gasteiger partial charge in [-0.3, -0.25) is 4.98 Å². The number of hydrogen-bond acceptors (Lipinski definition) is 2. The lowest BCUT2D eigenvalue weighted by molar-refractivity contribution is 0.265. The van der Waals surface area contributed by atoms with Crippen molar-refractivity contribution in [2.45, 2.75) is 53.5 Å². The van der Waals surface area contributed by atoms with E-state index < -0.39 is 0 Å². The Morgan fingerprint density at radius 3 is 2.53 bits per heavy atom. The van der Waals surface area contributed by atoms with Gasteiger partial charge in [0.15, 0.2) is 0 Å². The van der Waals surface area contributed by atoms with E-state index in [4.69, 9.17) is 0 Å². The van der Waals surface area contributed by atoms with Crippen molar-refractivity contribution >= 4 is 0 Å². The molecule has 0 radical (unpaired) electrons. The Balaban J connectivity index is 2.72. The summed E-state index contributed by atoms with van der Waals surface area (Å²) in [5.41, 5.74) is 2.56. The van der Waals surface area contributed by atoms with Crippen LogP contribution in [-0.4, -0.2) is 17.6 Å². The van der Waals surface area contributed by atoms with Crippen LogP contribution in [0.5, 0.6) is 0 Å². The quantitative estimate of drug-likeness (QED) is 0.845. The number of pyridine rings is 1. The first-order valence-corrected chi connectivity index (χ1v) is 6.59. The summed E-state index contributed by atoms with van der Waals surface area (Å²) >= 11 is 0. The molecule has 0 saturated heterocycles. The van der Waals surface area contributed by atoms with Crippen LogP contribution < -0.4 is 5.32 Å². The molecular weight excluding hydrogens is 208 g/mol. The predicted octanol–water partition coefficient (Wildman–Crippen LogP) is 3.35. The van der Waals surface area contributed by atoms with Gasteiger partial charge in [0, 0.05) is 23.9 Å². The second-order valence-electron chi connectivity index (χ2n) is 5.85. The van der Waals surface area contributed by atoms with Gasteiger partial charge in [-0.05, 0) is 37.4 Å². The lowest BCUT2D eigenvalue weighted by Gasteiger charge is -2.31. The summed E-state index contributed by atoms with van der Waals surface area (Å²) in [4.78, 5) is 4.59. The van der Waals surface area contributed by atoms with Crippen LogP contribution in [0, 0.1) is 12.3 Å². The van der Waals surface area contributed by atoms with Crippen LogP contribution >= 0.6 is 0 Å². The number of aromatic nitrogens is 1. The van der Waals surface area contributed by atoms with Crippen LogP contribution in [0.4, 0.5) is 0 Å². The van der Waals surface area contributed by atoms with Crippen LogP contribution in [0.25, 0.3) is 0 Å². The second kappa shape index (κ2) is 6.15. The van der Waals surface area contributed by atoms with E-state index in [-0.39, 0.29) is 5.41 Å². The SMILES string of the molecule is CCCNC(Cc1cccc(C)n1)C(C)(C)C. The maximum absolute atomic E-state index is 4.59. The van der Waals surface area contributed by atoms with Crippen LogP contribution in [0.3, 0.4) is 0 Å². The molecule has 96 valence electrons. The number of nitrogens with zero attached hydrogens (tertiary/aromatic N) is 1. The molecule has 0 spiro atoms. The second-order valence-corrected chi connectivity index (χ2v) is 5.85. The van der Waals surface area contributed by atoms with E-state index in [2.05, 4.69) is 63.1 Å². The first-order chi connectivity index (χ1) is 7.93. The fourth-order valence-electron chi connectivity index (χ4n) is 1.93. The maximum atomic E-state index is 4.59. The molecule has 2 nitrogen and oxygen atoms in total. The van der Waals surface area contributed by atoms with Crippen molar-refractivity contribution in [3.05, 3.63) is 29.6 Å². The van der Waals surface area contributed by atoms with E-state index in [1.165, 1.54) is 12.1 Å². The van der Waals surface area contributed by atoms with Gasteiger partial charge in [-0.2, -0.15) is 0 Å². The number of aryl methyl sites for hydroxylation is 1. The molecule has 17 heavy (non-hydrogen) atoms. The lowest BCUT2D eigenvalue weighted by Crippen LogP contribution is -2.42. The lowest BCUT2D eigenvalue weighted by atomic mass is 9.84. The van der Waals surface area contributed by atoms with Crippen LogP contribution in [0.2, 0.25) is 0 Å². The van der Waals surface area contributed by atoms with E-state index >= 15 is 0 Å². The van der Waals surface area contributed by atoms with Crippen LogP contribution in [-0.2, 0) is 6.42 Å². The fraction of sp³-hybridized carbons (Fsp3) is 0.667. The first-order valence-electron chi connectivity index (χ1n) is 6.59. The summed E-state index contributed by atoms with van der Waals surface area (Å²) in [5.74, 6) is 0. The van der Waals surface area contributed by atoms with Gasteiger partial charge < -0.3 is 5.32 Å². The molecule has 0 aromatic carbocycles. The molecule has 1 N–H and O–H groups in total. The van der Waals surface area contributed by atoms with Gasteiger partial charge >= 0.3 is 0 Å². The van der Waals surface area contributed by atoms with Gasteiger partial charge in [-0.15, -0.1) is 0 Å². The predicted molar refractivity (Wildman–Crippen MR) is 74.2 cm³/mol. The Kier molecular flexibility index (Phi) is 5.13. The molecule has 0 aliphatic rings. The van der Waals surface area contributed by atoms with Crippen molar-refractivity contribution in [3.8, 4) is 0 Å². The van der Waals surface area contributed by atoms with Gasteiger partial charge in [0.1, 0.15) is 0 Å². The molecular formula is C15H26N2. The summed E-state index contributed by atoms with van der Waals surface area (Å²) in [6, 6.07) is 6.75. The van der Waals surface area contributed by atoms with Crippen molar-refractivity contribution in [2.75, 3.05) is 6.54 Å². The summed E-state index contributed by atoms with van der Waals surface area (Å²) in [7, 11) is 0. The Hall–Kier alpha value is -0.890. The summed E-state index contributed by atoms with van der Waals surface area (Å²) in [6.45, 7) is 12.2. The number of rotatable bonds is 5. The van der Waals surface area contributed by atoms with Gasteiger partial charge in [0.25, 0.3) is 0 Å². The van der Waals surface area contributed by atoms with Gasteiger partial charge in [0.05, 0.1) is 0 Å². The molecule has 1 atom stereocenters. The molecule has 1 heterocycles. The van der Waals surface area contributed by atoms with E-state index in [0.29, 0.717) is 6.04 Å². The molecule has 0 amide bonds. The molecule has 0 aliphatic heterocycles. The van der Waals surface area contributed by atoms with Crippen molar-refractivity contribution in [1.82, 2.24) is 10.3 Å². The molecule has 2 heteroatoms. The van der Waals surface area contributed by atoms with E-state index in [1.54, 1.807) is 0 Å². The van der Waals surface area contributed by atoms with Crippen LogP contribution in [0.1, 0.15) is 45.5 Å². The third-order valence-corrected chi connectivity index (χ3v) is 3.05. The monoisotopic (exact) mass is 234 g/mol. The minimum absolute atomic E-state index is 0.264. The maximum Gasteiger partial charge on any atom is 0.0422 e. The Labute approximate surface area is 106 Å². The van der Waals surface area contributed by atoms with Crippen molar-refractivity contribution in [1.29, 1.82) is 0 Å². The third-order valence-electron chi connectivity index (χ3n) is 3.05. The van der Waals surface area contributed by atoms with Gasteiger partial charge in [0.2, 0.25) is 0 Å². The van der Waals surface area contributed by atoms with Crippen molar-refractivity contribution in [3.63, 3.8) is 0 Å². The zero-order chi connectivity index (χ0) is 12.9.